The maximum Gasteiger partial charge on any atom is 0.251 e. The summed E-state index contributed by atoms with van der Waals surface area (Å²) in [6.07, 6.45) is 4.57. The molecule has 98 valence electrons. The highest BCUT2D eigenvalue weighted by Crippen LogP contribution is 2.34. The van der Waals surface area contributed by atoms with Gasteiger partial charge in [0.05, 0.1) is 5.69 Å². The fraction of sp³-hybridized carbons (Fsp3) is 0.500. The van der Waals surface area contributed by atoms with Gasteiger partial charge in [0, 0.05) is 11.6 Å². The van der Waals surface area contributed by atoms with Crippen molar-refractivity contribution in [1.29, 1.82) is 0 Å². The Morgan fingerprint density at radius 3 is 2.83 bits per heavy atom. The molecule has 0 saturated heterocycles. The number of nitrogens with two attached hydrogens (primary N) is 1. The Morgan fingerprint density at radius 1 is 1.56 bits per heavy atom. The Kier molecular flexibility index (Phi) is 3.75. The number of hydrogen-bond donors (Lipinski definition) is 3. The number of carbonyl (C=O) groups excluding carboxylic acids is 1. The molecule has 0 aliphatic heterocycles. The number of nitrogens with one attached hydrogen (secondary N) is 1. The quantitative estimate of drug-likeness (QED) is 0.552. The zero-order valence-electron chi connectivity index (χ0n) is 10.6. The number of phenols is 1. The first-order valence-corrected chi connectivity index (χ1v) is 6.49. The molecule has 1 atom stereocenters. The van der Waals surface area contributed by atoms with E-state index in [9.17, 15) is 9.90 Å². The van der Waals surface area contributed by atoms with Crippen LogP contribution in [0.3, 0.4) is 0 Å². The molecule has 4 N–H and O–H groups in total. The molecular weight excluding hydrogens is 228 g/mol. The number of hydrogen-bond acceptors (Lipinski definition) is 3. The summed E-state index contributed by atoms with van der Waals surface area (Å²) in [4.78, 5) is 12.0. The van der Waals surface area contributed by atoms with Crippen molar-refractivity contribution in [2.75, 3.05) is 5.73 Å². The molecule has 0 spiro atoms. The van der Waals surface area contributed by atoms with E-state index < -0.39 is 0 Å². The predicted octanol–water partition coefficient (Wildman–Crippen LogP) is 2.28. The van der Waals surface area contributed by atoms with Gasteiger partial charge in [-0.05, 0) is 37.0 Å². The van der Waals surface area contributed by atoms with Crippen molar-refractivity contribution in [1.82, 2.24) is 5.32 Å². The van der Waals surface area contributed by atoms with Gasteiger partial charge in [-0.15, -0.1) is 0 Å². The lowest BCUT2D eigenvalue weighted by molar-refractivity contribution is 0.0932. The van der Waals surface area contributed by atoms with Crippen molar-refractivity contribution in [3.05, 3.63) is 23.8 Å². The average molecular weight is 248 g/mol. The molecule has 1 amide bonds. The molecule has 1 aliphatic rings. The zero-order valence-corrected chi connectivity index (χ0v) is 10.6. The number of amides is 1. The van der Waals surface area contributed by atoms with E-state index in [2.05, 4.69) is 12.2 Å². The summed E-state index contributed by atoms with van der Waals surface area (Å²) in [5.74, 6) is 0.603. The molecule has 18 heavy (non-hydrogen) atoms. The van der Waals surface area contributed by atoms with Gasteiger partial charge in [0.1, 0.15) is 5.75 Å². The van der Waals surface area contributed by atoms with Gasteiger partial charge in [-0.25, -0.2) is 0 Å². The summed E-state index contributed by atoms with van der Waals surface area (Å²) in [5, 5.41) is 12.5. The van der Waals surface area contributed by atoms with Crippen LogP contribution in [0, 0.1) is 5.92 Å². The van der Waals surface area contributed by atoms with Crippen LogP contribution in [0.15, 0.2) is 18.2 Å². The van der Waals surface area contributed by atoms with E-state index >= 15 is 0 Å². The fourth-order valence-corrected chi connectivity index (χ4v) is 2.04. The molecule has 1 fully saturated rings. The number of nitrogen functional groups attached to an aromatic ring is 1. The highest BCUT2D eigenvalue weighted by Gasteiger charge is 2.25. The Labute approximate surface area is 107 Å². The summed E-state index contributed by atoms with van der Waals surface area (Å²) in [7, 11) is 0. The summed E-state index contributed by atoms with van der Waals surface area (Å²) < 4.78 is 0. The topological polar surface area (TPSA) is 75.4 Å². The number of benzene rings is 1. The van der Waals surface area contributed by atoms with Crippen molar-refractivity contribution >= 4 is 11.6 Å². The van der Waals surface area contributed by atoms with Crippen molar-refractivity contribution in [3.8, 4) is 5.75 Å². The van der Waals surface area contributed by atoms with Crippen LogP contribution in [0.2, 0.25) is 0 Å². The van der Waals surface area contributed by atoms with Crippen molar-refractivity contribution < 1.29 is 9.90 Å². The van der Waals surface area contributed by atoms with Crippen LogP contribution in [0.4, 0.5) is 5.69 Å². The molecule has 1 unspecified atom stereocenters. The van der Waals surface area contributed by atoms with E-state index in [1.807, 2.05) is 0 Å². The summed E-state index contributed by atoms with van der Waals surface area (Å²) in [5.41, 5.74) is 6.25. The van der Waals surface area contributed by atoms with Gasteiger partial charge < -0.3 is 16.2 Å². The molecule has 4 heteroatoms. The smallest absolute Gasteiger partial charge is 0.251 e. The Morgan fingerprint density at radius 2 is 2.28 bits per heavy atom. The monoisotopic (exact) mass is 248 g/mol. The van der Waals surface area contributed by atoms with E-state index in [1.165, 1.54) is 18.9 Å². The molecular formula is C14H20N2O2. The van der Waals surface area contributed by atoms with Gasteiger partial charge in [0.2, 0.25) is 0 Å². The first kappa shape index (κ1) is 12.7. The SMILES string of the molecule is CCC(CC1CC1)NC(=O)c1ccc(N)c(O)c1. The molecule has 0 bridgehead atoms. The molecule has 1 saturated carbocycles. The van der Waals surface area contributed by atoms with Crippen molar-refractivity contribution in [2.45, 2.75) is 38.6 Å². The third kappa shape index (κ3) is 3.15. The Hall–Kier alpha value is -1.71. The zero-order chi connectivity index (χ0) is 13.1. The predicted molar refractivity (Wildman–Crippen MR) is 71.4 cm³/mol. The van der Waals surface area contributed by atoms with E-state index in [0.29, 0.717) is 5.56 Å². The second-order valence-corrected chi connectivity index (χ2v) is 5.03. The highest BCUT2D eigenvalue weighted by atomic mass is 16.3. The molecule has 0 aromatic heterocycles. The minimum absolute atomic E-state index is 0.0436. The molecule has 4 nitrogen and oxygen atoms in total. The van der Waals surface area contributed by atoms with Crippen LogP contribution in [0.25, 0.3) is 0 Å². The number of aromatic hydroxyl groups is 1. The van der Waals surface area contributed by atoms with Crippen LogP contribution >= 0.6 is 0 Å². The van der Waals surface area contributed by atoms with E-state index in [1.54, 1.807) is 12.1 Å². The van der Waals surface area contributed by atoms with Crippen LogP contribution < -0.4 is 11.1 Å². The molecule has 2 rings (SSSR count). The lowest BCUT2D eigenvalue weighted by atomic mass is 10.1. The largest absolute Gasteiger partial charge is 0.506 e. The van der Waals surface area contributed by atoms with Gasteiger partial charge in [-0.1, -0.05) is 19.8 Å². The highest BCUT2D eigenvalue weighted by molar-refractivity contribution is 5.95. The minimum Gasteiger partial charge on any atom is -0.506 e. The average Bonchev–Trinajstić information content (AvgIpc) is 3.15. The number of rotatable bonds is 5. The normalized spacial score (nSPS) is 16.3. The maximum absolute atomic E-state index is 12.0. The lowest BCUT2D eigenvalue weighted by Gasteiger charge is -2.16. The van der Waals surface area contributed by atoms with Crippen molar-refractivity contribution in [2.24, 2.45) is 5.92 Å². The number of phenolic OH excluding ortho intramolecular Hbond substituents is 1. The van der Waals surface area contributed by atoms with Gasteiger partial charge in [-0.2, -0.15) is 0 Å². The summed E-state index contributed by atoms with van der Waals surface area (Å²) in [6.45, 7) is 2.08. The van der Waals surface area contributed by atoms with Crippen LogP contribution in [0.5, 0.6) is 5.75 Å². The first-order chi connectivity index (χ1) is 8.60. The van der Waals surface area contributed by atoms with Crippen LogP contribution in [-0.2, 0) is 0 Å². The van der Waals surface area contributed by atoms with Crippen molar-refractivity contribution in [3.63, 3.8) is 0 Å². The van der Waals surface area contributed by atoms with Gasteiger partial charge >= 0.3 is 0 Å². The second kappa shape index (κ2) is 5.29. The van der Waals surface area contributed by atoms with Crippen LogP contribution in [0.1, 0.15) is 43.0 Å². The Balaban J connectivity index is 1.98. The molecule has 0 radical (unpaired) electrons. The number of anilines is 1. The molecule has 1 aromatic rings. The molecule has 0 heterocycles. The maximum atomic E-state index is 12.0. The fourth-order valence-electron chi connectivity index (χ4n) is 2.04. The van der Waals surface area contributed by atoms with E-state index in [-0.39, 0.29) is 23.4 Å². The summed E-state index contributed by atoms with van der Waals surface area (Å²) in [6, 6.07) is 4.82. The molecule has 1 aliphatic carbocycles. The summed E-state index contributed by atoms with van der Waals surface area (Å²) >= 11 is 0. The van der Waals surface area contributed by atoms with E-state index in [0.717, 1.165) is 18.8 Å². The van der Waals surface area contributed by atoms with Gasteiger partial charge in [-0.3, -0.25) is 4.79 Å². The van der Waals surface area contributed by atoms with E-state index in [4.69, 9.17) is 5.73 Å². The Bertz CT molecular complexity index is 441. The standard InChI is InChI=1S/C14H20N2O2/c1-2-11(7-9-3-4-9)16-14(18)10-5-6-12(15)13(17)8-10/h5-6,8-9,11,17H,2-4,7,15H2,1H3,(H,16,18). The first-order valence-electron chi connectivity index (χ1n) is 6.49. The third-order valence-corrected chi connectivity index (χ3v) is 3.44. The molecule has 1 aromatic carbocycles. The van der Waals surface area contributed by atoms with Gasteiger partial charge in [0.15, 0.2) is 0 Å². The lowest BCUT2D eigenvalue weighted by Crippen LogP contribution is -2.34. The third-order valence-electron chi connectivity index (χ3n) is 3.44. The van der Waals surface area contributed by atoms with Gasteiger partial charge in [0.25, 0.3) is 5.91 Å². The number of carbonyl (C=O) groups is 1. The van der Waals surface area contributed by atoms with Crippen LogP contribution in [-0.4, -0.2) is 17.1 Å². The minimum atomic E-state index is -0.141. The second-order valence-electron chi connectivity index (χ2n) is 5.03.